The van der Waals surface area contributed by atoms with E-state index < -0.39 is 5.91 Å². The molecule has 1 heterocycles. The van der Waals surface area contributed by atoms with E-state index in [0.29, 0.717) is 30.4 Å². The Kier molecular flexibility index (Phi) is 4.34. The predicted octanol–water partition coefficient (Wildman–Crippen LogP) is 3.33. The summed E-state index contributed by atoms with van der Waals surface area (Å²) in [7, 11) is 0. The molecule has 0 fully saturated rings. The second-order valence-corrected chi connectivity index (χ2v) is 5.96. The minimum Gasteiger partial charge on any atom is -0.358 e. The number of amides is 1. The molecule has 1 aromatic heterocycles. The number of benzene rings is 2. The van der Waals surface area contributed by atoms with Crippen molar-refractivity contribution < 1.29 is 15.5 Å². The van der Waals surface area contributed by atoms with Crippen LogP contribution in [-0.4, -0.2) is 22.6 Å². The summed E-state index contributed by atoms with van der Waals surface area (Å²) in [6.07, 6.45) is 3.47. The molecule has 0 spiro atoms. The van der Waals surface area contributed by atoms with Crippen molar-refractivity contribution in [3.05, 3.63) is 76.9 Å². The fourth-order valence-electron chi connectivity index (χ4n) is 2.80. The molecular weight excluding hydrogens is 326 g/mol. The SMILES string of the molecule is [2H]c1c([2H])c([2H])c2c(CCNCc3ccc(C=CC(=O)NO)cc3)c(C)[nH]c2c1[2H]. The molecule has 2 aromatic carbocycles. The number of rotatable bonds is 7. The number of carbonyl (C=O) groups excluding carboxylic acids is 1. The second kappa shape index (κ2) is 8.47. The third-order valence-corrected chi connectivity index (χ3v) is 4.15. The highest BCUT2D eigenvalue weighted by Crippen LogP contribution is 2.21. The molecule has 0 aliphatic heterocycles. The Bertz CT molecular complexity index is 1110. The Morgan fingerprint density at radius 2 is 2.04 bits per heavy atom. The molecule has 26 heavy (non-hydrogen) atoms. The number of para-hydroxylation sites is 1. The molecule has 4 N–H and O–H groups in total. The van der Waals surface area contributed by atoms with Gasteiger partial charge in [-0.3, -0.25) is 10.0 Å². The number of aromatic nitrogens is 1. The van der Waals surface area contributed by atoms with Crippen LogP contribution in [0.4, 0.5) is 0 Å². The highest BCUT2D eigenvalue weighted by Gasteiger charge is 2.07. The van der Waals surface area contributed by atoms with Gasteiger partial charge in [-0.15, -0.1) is 0 Å². The minimum absolute atomic E-state index is 0.0103. The van der Waals surface area contributed by atoms with Crippen LogP contribution in [-0.2, 0) is 17.8 Å². The van der Waals surface area contributed by atoms with Crippen molar-refractivity contribution in [1.29, 1.82) is 0 Å². The Balaban J connectivity index is 1.64. The maximum Gasteiger partial charge on any atom is 0.267 e. The van der Waals surface area contributed by atoms with Crippen molar-refractivity contribution in [1.82, 2.24) is 15.8 Å². The quantitative estimate of drug-likeness (QED) is 0.228. The van der Waals surface area contributed by atoms with Gasteiger partial charge in [-0.2, -0.15) is 0 Å². The molecule has 3 aromatic rings. The van der Waals surface area contributed by atoms with E-state index in [4.69, 9.17) is 10.7 Å². The molecule has 5 nitrogen and oxygen atoms in total. The van der Waals surface area contributed by atoms with Gasteiger partial charge in [0.1, 0.15) is 0 Å². The zero-order valence-corrected chi connectivity index (χ0v) is 14.4. The fourth-order valence-corrected chi connectivity index (χ4v) is 2.80. The Labute approximate surface area is 158 Å². The molecule has 1 amide bonds. The highest BCUT2D eigenvalue weighted by atomic mass is 16.5. The van der Waals surface area contributed by atoms with Gasteiger partial charge in [0.15, 0.2) is 0 Å². The lowest BCUT2D eigenvalue weighted by Crippen LogP contribution is -2.16. The minimum atomic E-state index is -0.585. The van der Waals surface area contributed by atoms with Gasteiger partial charge >= 0.3 is 0 Å². The summed E-state index contributed by atoms with van der Waals surface area (Å²) >= 11 is 0. The Morgan fingerprint density at radius 3 is 2.81 bits per heavy atom. The molecule has 0 unspecified atom stereocenters. The second-order valence-electron chi connectivity index (χ2n) is 5.96. The summed E-state index contributed by atoms with van der Waals surface area (Å²) in [4.78, 5) is 14.1. The normalized spacial score (nSPS) is 13.5. The van der Waals surface area contributed by atoms with E-state index in [1.165, 1.54) is 11.6 Å². The van der Waals surface area contributed by atoms with Crippen molar-refractivity contribution in [2.24, 2.45) is 0 Å². The highest BCUT2D eigenvalue weighted by molar-refractivity contribution is 5.90. The maximum absolute atomic E-state index is 11.0. The topological polar surface area (TPSA) is 77.2 Å². The predicted molar refractivity (Wildman–Crippen MR) is 104 cm³/mol. The third-order valence-electron chi connectivity index (χ3n) is 4.15. The molecule has 134 valence electrons. The molecule has 0 aliphatic rings. The van der Waals surface area contributed by atoms with E-state index in [0.717, 1.165) is 22.4 Å². The van der Waals surface area contributed by atoms with E-state index in [1.807, 2.05) is 31.2 Å². The summed E-state index contributed by atoms with van der Waals surface area (Å²) in [5, 5.41) is 12.4. The first kappa shape index (κ1) is 13.3. The zero-order valence-electron chi connectivity index (χ0n) is 18.4. The first-order chi connectivity index (χ1) is 14.3. The number of fused-ring (bicyclic) bond motifs is 1. The molecule has 0 aliphatic carbocycles. The van der Waals surface area contributed by atoms with Crippen LogP contribution in [0.25, 0.3) is 17.0 Å². The molecule has 0 bridgehead atoms. The van der Waals surface area contributed by atoms with Gasteiger partial charge < -0.3 is 10.3 Å². The third kappa shape index (κ3) is 4.39. The summed E-state index contributed by atoms with van der Waals surface area (Å²) in [5.41, 5.74) is 5.64. The van der Waals surface area contributed by atoms with Gasteiger partial charge in [-0.1, -0.05) is 42.4 Å². The van der Waals surface area contributed by atoms with E-state index in [1.54, 1.807) is 6.08 Å². The van der Waals surface area contributed by atoms with Crippen LogP contribution in [0.3, 0.4) is 0 Å². The average Bonchev–Trinajstić information content (AvgIpc) is 3.09. The van der Waals surface area contributed by atoms with Crippen molar-refractivity contribution in [2.45, 2.75) is 19.9 Å². The van der Waals surface area contributed by atoms with E-state index in [2.05, 4.69) is 10.3 Å². The zero-order chi connectivity index (χ0) is 21.8. The molecule has 0 saturated heterocycles. The number of aryl methyl sites for hydroxylation is 1. The van der Waals surface area contributed by atoms with Crippen LogP contribution in [0.5, 0.6) is 0 Å². The summed E-state index contributed by atoms with van der Waals surface area (Å²) < 4.78 is 32.0. The first-order valence-electron chi connectivity index (χ1n) is 10.3. The van der Waals surface area contributed by atoms with Crippen LogP contribution < -0.4 is 10.8 Å². The molecule has 0 atom stereocenters. The van der Waals surface area contributed by atoms with Crippen LogP contribution in [0.2, 0.25) is 0 Å². The van der Waals surface area contributed by atoms with Crippen molar-refractivity contribution in [2.75, 3.05) is 6.54 Å². The number of hydroxylamine groups is 1. The molecular formula is C21H23N3O2. The number of aromatic amines is 1. The van der Waals surface area contributed by atoms with Crippen molar-refractivity contribution in [3.8, 4) is 0 Å². The monoisotopic (exact) mass is 353 g/mol. The van der Waals surface area contributed by atoms with E-state index in [-0.39, 0.29) is 24.2 Å². The van der Waals surface area contributed by atoms with E-state index in [9.17, 15) is 4.79 Å². The maximum atomic E-state index is 11.0. The summed E-state index contributed by atoms with van der Waals surface area (Å²) in [5.74, 6) is -0.585. The molecule has 0 saturated carbocycles. The van der Waals surface area contributed by atoms with Crippen LogP contribution in [0, 0.1) is 6.92 Å². The molecule has 0 radical (unpaired) electrons. The van der Waals surface area contributed by atoms with Gasteiger partial charge in [0, 0.05) is 29.2 Å². The summed E-state index contributed by atoms with van der Waals surface area (Å²) in [6, 6.07) is 7.13. The van der Waals surface area contributed by atoms with Gasteiger partial charge in [0.2, 0.25) is 0 Å². The number of nitrogens with one attached hydrogen (secondary N) is 3. The summed E-state index contributed by atoms with van der Waals surface area (Å²) in [6.45, 7) is 3.17. The van der Waals surface area contributed by atoms with Gasteiger partial charge in [-0.05, 0) is 48.7 Å². The number of H-pyrrole nitrogens is 1. The average molecular weight is 353 g/mol. The lowest BCUT2D eigenvalue weighted by atomic mass is 10.1. The Hall–Kier alpha value is -2.89. The number of hydrogen-bond donors (Lipinski definition) is 4. The first-order valence-corrected chi connectivity index (χ1v) is 8.32. The van der Waals surface area contributed by atoms with Gasteiger partial charge in [0.25, 0.3) is 5.91 Å². The molecule has 5 heteroatoms. The van der Waals surface area contributed by atoms with E-state index >= 15 is 0 Å². The van der Waals surface area contributed by atoms with Gasteiger partial charge in [-0.25, -0.2) is 5.48 Å². The standard InChI is InChI=1S/C21H23N3O2/c1-15-18(19-4-2-3-5-20(19)23-15)12-13-22-14-17-8-6-16(7-9-17)10-11-21(25)24-26/h2-11,22-23,26H,12-14H2,1H3,(H,24,25)/i2D,3D,4D,5D. The largest absolute Gasteiger partial charge is 0.358 e. The number of hydrogen-bond acceptors (Lipinski definition) is 3. The Morgan fingerprint density at radius 1 is 1.27 bits per heavy atom. The van der Waals surface area contributed by atoms with Gasteiger partial charge in [0.05, 0.1) is 5.48 Å². The fraction of sp³-hybridized carbons (Fsp3) is 0.190. The van der Waals surface area contributed by atoms with Crippen LogP contribution in [0.1, 0.15) is 27.9 Å². The molecule has 3 rings (SSSR count). The van der Waals surface area contributed by atoms with Crippen molar-refractivity contribution in [3.63, 3.8) is 0 Å². The smallest absolute Gasteiger partial charge is 0.267 e. The number of carbonyl (C=O) groups is 1. The van der Waals surface area contributed by atoms with Crippen LogP contribution >= 0.6 is 0 Å². The lowest BCUT2D eigenvalue weighted by molar-refractivity contribution is -0.124. The van der Waals surface area contributed by atoms with Crippen LogP contribution in [0.15, 0.2) is 54.5 Å². The van der Waals surface area contributed by atoms with Crippen molar-refractivity contribution >= 4 is 22.9 Å². The lowest BCUT2D eigenvalue weighted by Gasteiger charge is -2.06.